The van der Waals surface area contributed by atoms with E-state index in [4.69, 9.17) is 10.1 Å². The summed E-state index contributed by atoms with van der Waals surface area (Å²) in [5.74, 6) is 1.01. The van der Waals surface area contributed by atoms with Crippen LogP contribution in [-0.4, -0.2) is 68.7 Å². The largest absolute Gasteiger partial charge is 0.368 e. The van der Waals surface area contributed by atoms with Crippen molar-refractivity contribution in [3.8, 4) is 0 Å². The number of fused-ring (bicyclic) bond motifs is 1. The lowest BCUT2D eigenvalue weighted by Crippen LogP contribution is -2.47. The van der Waals surface area contributed by atoms with Gasteiger partial charge in [-0.25, -0.2) is 13.4 Å². The number of pyridine rings is 1. The van der Waals surface area contributed by atoms with E-state index >= 15 is 0 Å². The van der Waals surface area contributed by atoms with Gasteiger partial charge < -0.3 is 15.1 Å². The summed E-state index contributed by atoms with van der Waals surface area (Å²) in [4.78, 5) is 9.77. The van der Waals surface area contributed by atoms with Crippen molar-refractivity contribution in [2.75, 3.05) is 55.3 Å². The van der Waals surface area contributed by atoms with Gasteiger partial charge in [0.1, 0.15) is 5.52 Å². The van der Waals surface area contributed by atoms with E-state index in [0.29, 0.717) is 10.9 Å². The number of piperazine rings is 1. The van der Waals surface area contributed by atoms with Gasteiger partial charge in [-0.2, -0.15) is 5.10 Å². The molecule has 2 saturated heterocycles. The smallest absolute Gasteiger partial charge is 0.175 e. The van der Waals surface area contributed by atoms with Crippen molar-refractivity contribution in [1.82, 2.24) is 20.1 Å². The van der Waals surface area contributed by atoms with Gasteiger partial charge in [0, 0.05) is 49.7 Å². The molecule has 0 unspecified atom stereocenters. The molecule has 0 atom stereocenters. The zero-order valence-electron chi connectivity index (χ0n) is 17.7. The number of benzene rings is 1. The molecule has 5 rings (SSSR count). The van der Waals surface area contributed by atoms with Crippen LogP contribution < -0.4 is 15.1 Å². The monoisotopic (exact) mass is 440 g/mol. The topological polar surface area (TPSA) is 83.4 Å². The van der Waals surface area contributed by atoms with E-state index in [2.05, 4.69) is 19.8 Å². The van der Waals surface area contributed by atoms with Crippen LogP contribution in [0.3, 0.4) is 0 Å². The summed E-state index contributed by atoms with van der Waals surface area (Å²) in [5.41, 5.74) is 2.19. The highest BCUT2D eigenvalue weighted by Crippen LogP contribution is 2.31. The van der Waals surface area contributed by atoms with Gasteiger partial charge in [-0.15, -0.1) is 0 Å². The molecule has 8 nitrogen and oxygen atoms in total. The third-order valence-electron chi connectivity index (χ3n) is 6.35. The summed E-state index contributed by atoms with van der Waals surface area (Å²) in [6, 6.07) is 9.64. The second-order valence-corrected chi connectivity index (χ2v) is 10.4. The van der Waals surface area contributed by atoms with Crippen molar-refractivity contribution in [2.24, 2.45) is 0 Å². The Kier molecular flexibility index (Phi) is 5.31. The molecule has 1 aromatic carbocycles. The lowest BCUT2D eigenvalue weighted by Gasteiger charge is -2.37. The Balaban J connectivity index is 1.35. The first kappa shape index (κ1) is 20.3. The zero-order chi connectivity index (χ0) is 21.4. The molecule has 31 heavy (non-hydrogen) atoms. The zero-order valence-corrected chi connectivity index (χ0v) is 18.6. The summed E-state index contributed by atoms with van der Waals surface area (Å²) in [6.45, 7) is 5.49. The van der Waals surface area contributed by atoms with Crippen molar-refractivity contribution in [3.05, 3.63) is 42.7 Å². The lowest BCUT2D eigenvalue weighted by atomic mass is 10.1. The number of piperidine rings is 1. The predicted octanol–water partition coefficient (Wildman–Crippen LogP) is 2.09. The Labute approximate surface area is 182 Å². The Bertz CT molecular complexity index is 1160. The van der Waals surface area contributed by atoms with Gasteiger partial charge in [0.15, 0.2) is 15.7 Å². The van der Waals surface area contributed by atoms with E-state index in [1.807, 2.05) is 30.6 Å². The molecule has 0 aliphatic carbocycles. The molecule has 0 bridgehead atoms. The molecule has 164 valence electrons. The number of aromatic nitrogens is 3. The van der Waals surface area contributed by atoms with Crippen LogP contribution >= 0.6 is 0 Å². The van der Waals surface area contributed by atoms with Gasteiger partial charge in [-0.3, -0.25) is 4.68 Å². The quantitative estimate of drug-likeness (QED) is 0.665. The molecule has 9 heteroatoms. The highest BCUT2D eigenvalue weighted by molar-refractivity contribution is 7.90. The van der Waals surface area contributed by atoms with Gasteiger partial charge in [-0.05, 0) is 56.3 Å². The third-order valence-corrected chi connectivity index (χ3v) is 7.48. The average Bonchev–Trinajstić information content (AvgIpc) is 3.24. The molecule has 2 aromatic heterocycles. The number of hydrogen-bond donors (Lipinski definition) is 1. The van der Waals surface area contributed by atoms with Crippen LogP contribution in [0.5, 0.6) is 0 Å². The van der Waals surface area contributed by atoms with Gasteiger partial charge >= 0.3 is 0 Å². The SMILES string of the molecule is CS(=O)(=O)c1ccc(N2CCN(c3nccc4cnn(C5CCNCC5)c34)CC2)cc1. The molecule has 4 heterocycles. The predicted molar refractivity (Wildman–Crippen MR) is 123 cm³/mol. The van der Waals surface area contributed by atoms with Crippen molar-refractivity contribution >= 4 is 32.2 Å². The Morgan fingerprint density at radius 1 is 0.968 bits per heavy atom. The maximum Gasteiger partial charge on any atom is 0.175 e. The average molecular weight is 441 g/mol. The van der Waals surface area contributed by atoms with E-state index in [-0.39, 0.29) is 0 Å². The van der Waals surface area contributed by atoms with Crippen LogP contribution in [0.4, 0.5) is 11.5 Å². The van der Waals surface area contributed by atoms with Crippen molar-refractivity contribution < 1.29 is 8.42 Å². The summed E-state index contributed by atoms with van der Waals surface area (Å²) >= 11 is 0. The standard InChI is InChI=1S/C22H28N6O2S/c1-31(29,30)20-4-2-18(3-5-20)26-12-14-27(15-13-26)22-21-17(6-11-24-22)16-25-28(21)19-7-9-23-10-8-19/h2-6,11,16,19,23H,7-10,12-15H2,1H3. The van der Waals surface area contributed by atoms with E-state index in [0.717, 1.165) is 74.5 Å². The first-order valence-corrected chi connectivity index (χ1v) is 12.7. The third kappa shape index (κ3) is 3.99. The van der Waals surface area contributed by atoms with Crippen LogP contribution in [-0.2, 0) is 9.84 Å². The number of anilines is 2. The summed E-state index contributed by atoms with van der Waals surface area (Å²) < 4.78 is 25.6. The highest BCUT2D eigenvalue weighted by atomic mass is 32.2. The number of nitrogens with one attached hydrogen (secondary N) is 1. The van der Waals surface area contributed by atoms with Gasteiger partial charge in [-0.1, -0.05) is 0 Å². The van der Waals surface area contributed by atoms with E-state index in [9.17, 15) is 8.42 Å². The maximum absolute atomic E-state index is 11.7. The van der Waals surface area contributed by atoms with Crippen LogP contribution in [0.25, 0.3) is 10.9 Å². The van der Waals surface area contributed by atoms with Gasteiger partial charge in [0.05, 0.1) is 17.1 Å². The number of hydrogen-bond acceptors (Lipinski definition) is 7. The fraction of sp³-hybridized carbons (Fsp3) is 0.455. The molecule has 0 saturated carbocycles. The van der Waals surface area contributed by atoms with Gasteiger partial charge in [0.2, 0.25) is 0 Å². The number of nitrogens with zero attached hydrogens (tertiary/aromatic N) is 5. The molecular weight excluding hydrogens is 412 g/mol. The fourth-order valence-electron chi connectivity index (χ4n) is 4.62. The molecule has 0 radical (unpaired) electrons. The number of sulfone groups is 1. The summed E-state index contributed by atoms with van der Waals surface area (Å²) in [7, 11) is -3.17. The van der Waals surface area contributed by atoms with Crippen molar-refractivity contribution in [2.45, 2.75) is 23.8 Å². The Hall–Kier alpha value is -2.65. The molecule has 2 fully saturated rings. The Morgan fingerprint density at radius 2 is 1.65 bits per heavy atom. The minimum atomic E-state index is -3.17. The van der Waals surface area contributed by atoms with Crippen LogP contribution in [0.1, 0.15) is 18.9 Å². The second-order valence-electron chi connectivity index (χ2n) is 8.38. The summed E-state index contributed by atoms with van der Waals surface area (Å²) in [6.07, 6.45) is 7.25. The van der Waals surface area contributed by atoms with E-state index in [1.54, 1.807) is 12.1 Å². The van der Waals surface area contributed by atoms with Crippen LogP contribution in [0.15, 0.2) is 47.6 Å². The number of rotatable bonds is 4. The fourth-order valence-corrected chi connectivity index (χ4v) is 5.25. The molecular formula is C22H28N6O2S. The van der Waals surface area contributed by atoms with Crippen LogP contribution in [0.2, 0.25) is 0 Å². The first-order chi connectivity index (χ1) is 15.0. The minimum absolute atomic E-state index is 0.358. The Morgan fingerprint density at radius 3 is 2.32 bits per heavy atom. The van der Waals surface area contributed by atoms with E-state index < -0.39 is 9.84 Å². The van der Waals surface area contributed by atoms with Crippen molar-refractivity contribution in [1.29, 1.82) is 0 Å². The molecule has 2 aliphatic heterocycles. The lowest BCUT2D eigenvalue weighted by molar-refractivity contribution is 0.351. The maximum atomic E-state index is 11.7. The molecule has 3 aromatic rings. The minimum Gasteiger partial charge on any atom is -0.368 e. The molecule has 1 N–H and O–H groups in total. The second kappa shape index (κ2) is 8.12. The highest BCUT2D eigenvalue weighted by Gasteiger charge is 2.24. The normalized spacial score (nSPS) is 18.6. The first-order valence-electron chi connectivity index (χ1n) is 10.8. The molecule has 0 spiro atoms. The summed E-state index contributed by atoms with van der Waals surface area (Å²) in [5, 5.41) is 9.30. The van der Waals surface area contributed by atoms with E-state index in [1.165, 1.54) is 6.26 Å². The van der Waals surface area contributed by atoms with Crippen LogP contribution in [0, 0.1) is 0 Å². The molecule has 0 amide bonds. The molecule has 2 aliphatic rings. The van der Waals surface area contributed by atoms with Crippen molar-refractivity contribution in [3.63, 3.8) is 0 Å². The van der Waals surface area contributed by atoms with Gasteiger partial charge in [0.25, 0.3) is 0 Å².